The van der Waals surface area contributed by atoms with Crippen LogP contribution in [0.25, 0.3) is 5.65 Å². The number of halogens is 1. The van der Waals surface area contributed by atoms with Gasteiger partial charge in [0, 0.05) is 74.1 Å². The Hall–Kier alpha value is -4.19. The lowest BCUT2D eigenvalue weighted by Crippen LogP contribution is -2.50. The van der Waals surface area contributed by atoms with Gasteiger partial charge in [0.05, 0.1) is 35.8 Å². The summed E-state index contributed by atoms with van der Waals surface area (Å²) in [7, 11) is 0. The van der Waals surface area contributed by atoms with Gasteiger partial charge in [-0.1, -0.05) is 6.92 Å². The molecule has 0 spiro atoms. The number of pyridine rings is 1. The third-order valence-electron chi connectivity index (χ3n) is 7.26. The number of fused-ring (bicyclic) bond motifs is 1. The molecule has 12 heteroatoms. The first-order valence-electron chi connectivity index (χ1n) is 14.0. The van der Waals surface area contributed by atoms with Crippen LogP contribution in [0.4, 0.5) is 26.2 Å². The number of amides is 2. The summed E-state index contributed by atoms with van der Waals surface area (Å²) < 4.78 is 27.0. The van der Waals surface area contributed by atoms with Gasteiger partial charge in [0.15, 0.2) is 11.5 Å². The highest BCUT2D eigenvalue weighted by Gasteiger charge is 2.33. The first-order chi connectivity index (χ1) is 19.8. The largest absolute Gasteiger partial charge is 0.444 e. The number of benzene rings is 1. The molecule has 224 valence electrons. The van der Waals surface area contributed by atoms with E-state index in [0.717, 1.165) is 5.69 Å². The van der Waals surface area contributed by atoms with Crippen molar-refractivity contribution in [2.45, 2.75) is 40.2 Å². The lowest BCUT2D eigenvalue weighted by molar-refractivity contribution is -0.0944. The van der Waals surface area contributed by atoms with Crippen LogP contribution in [0.2, 0.25) is 0 Å². The van der Waals surface area contributed by atoms with Crippen molar-refractivity contribution >= 4 is 40.9 Å². The second-order valence-corrected chi connectivity index (χ2v) is 12.3. The van der Waals surface area contributed by atoms with Crippen LogP contribution in [-0.2, 0) is 9.47 Å². The smallest absolute Gasteiger partial charge is 0.410 e. The van der Waals surface area contributed by atoms with Crippen LogP contribution in [-0.4, -0.2) is 84.0 Å². The maximum absolute atomic E-state index is 14.6. The molecule has 0 aliphatic carbocycles. The lowest BCUT2D eigenvalue weighted by atomic mass is 9.89. The molecule has 0 atom stereocenters. The minimum Gasteiger partial charge on any atom is -0.444 e. The number of hydrogen-bond acceptors (Lipinski definition) is 8. The lowest BCUT2D eigenvalue weighted by Gasteiger charge is -2.37. The summed E-state index contributed by atoms with van der Waals surface area (Å²) in [5.41, 5.74) is 9.09. The number of nitrogens with zero attached hydrogens (tertiary/aromatic N) is 5. The summed E-state index contributed by atoms with van der Waals surface area (Å²) in [6, 6.07) is 4.74. The number of aryl methyl sites for hydroxylation is 1. The van der Waals surface area contributed by atoms with Crippen molar-refractivity contribution in [3.63, 3.8) is 0 Å². The minimum absolute atomic E-state index is 0.0339. The van der Waals surface area contributed by atoms with E-state index >= 15 is 0 Å². The number of nitrogens with two attached hydrogens (primary N) is 1. The molecule has 3 N–H and O–H groups in total. The number of aromatic nitrogens is 2. The number of rotatable bonds is 6. The molecule has 3 aromatic rings. The van der Waals surface area contributed by atoms with Crippen LogP contribution in [0.15, 0.2) is 35.6 Å². The molecule has 4 heterocycles. The molecule has 2 fully saturated rings. The van der Waals surface area contributed by atoms with E-state index < -0.39 is 17.3 Å². The molecule has 42 heavy (non-hydrogen) atoms. The number of aliphatic imine (C=N–C) groups is 1. The Morgan fingerprint density at radius 3 is 2.57 bits per heavy atom. The number of nitrogen functional groups attached to an aromatic ring is 1. The summed E-state index contributed by atoms with van der Waals surface area (Å²) in [5.74, 6) is -1.02. The van der Waals surface area contributed by atoms with Gasteiger partial charge in [-0.3, -0.25) is 9.79 Å². The predicted octanol–water partition coefficient (Wildman–Crippen LogP) is 4.13. The van der Waals surface area contributed by atoms with E-state index in [1.54, 1.807) is 36.5 Å². The molecule has 0 radical (unpaired) electrons. The van der Waals surface area contributed by atoms with E-state index in [0.29, 0.717) is 57.2 Å². The van der Waals surface area contributed by atoms with Gasteiger partial charge in [-0.2, -0.15) is 0 Å². The monoisotopic (exact) mass is 579 g/mol. The fourth-order valence-electron chi connectivity index (χ4n) is 5.04. The number of anilines is 3. The van der Waals surface area contributed by atoms with E-state index in [2.05, 4.69) is 27.1 Å². The summed E-state index contributed by atoms with van der Waals surface area (Å²) in [6.45, 7) is 13.3. The zero-order chi connectivity index (χ0) is 30.2. The first kappa shape index (κ1) is 29.3. The van der Waals surface area contributed by atoms with Crippen LogP contribution in [0, 0.1) is 18.2 Å². The maximum Gasteiger partial charge on any atom is 0.410 e. The van der Waals surface area contributed by atoms with Crippen molar-refractivity contribution < 1.29 is 23.5 Å². The van der Waals surface area contributed by atoms with Crippen molar-refractivity contribution in [2.24, 2.45) is 10.4 Å². The van der Waals surface area contributed by atoms with E-state index in [9.17, 15) is 14.0 Å². The molecule has 2 aromatic heterocycles. The van der Waals surface area contributed by atoms with E-state index in [4.69, 9.17) is 15.2 Å². The molecular weight excluding hydrogens is 541 g/mol. The zero-order valence-corrected chi connectivity index (χ0v) is 24.7. The fraction of sp³-hybridized carbons (Fsp3) is 0.467. The Bertz CT molecular complexity index is 1530. The third kappa shape index (κ3) is 6.33. The van der Waals surface area contributed by atoms with Gasteiger partial charge >= 0.3 is 6.09 Å². The Balaban J connectivity index is 1.39. The van der Waals surface area contributed by atoms with Crippen molar-refractivity contribution in [2.75, 3.05) is 61.9 Å². The van der Waals surface area contributed by atoms with Crippen molar-refractivity contribution in [1.29, 1.82) is 0 Å². The van der Waals surface area contributed by atoms with Crippen molar-refractivity contribution in [3.05, 3.63) is 53.2 Å². The Morgan fingerprint density at radius 2 is 1.93 bits per heavy atom. The second-order valence-electron chi connectivity index (χ2n) is 12.3. The highest BCUT2D eigenvalue weighted by Crippen LogP contribution is 2.31. The molecule has 0 saturated carbocycles. The summed E-state index contributed by atoms with van der Waals surface area (Å²) in [6.07, 6.45) is 4.66. The Kier molecular flexibility index (Phi) is 7.84. The summed E-state index contributed by atoms with van der Waals surface area (Å²) >= 11 is 0. The van der Waals surface area contributed by atoms with E-state index in [1.807, 2.05) is 26.8 Å². The van der Waals surface area contributed by atoms with Crippen LogP contribution in [0.1, 0.15) is 49.3 Å². The van der Waals surface area contributed by atoms with Gasteiger partial charge in [-0.05, 0) is 39.8 Å². The SMILES string of the molecule is Cc1cn2cc(NC(=O)c3ccc(N4CCN(C(=O)OC(C)(C)C)CC4)c(C=NCC4(C)COC4)c3N)cc(F)c2n1. The number of nitrogens with one attached hydrogen (secondary N) is 1. The summed E-state index contributed by atoms with van der Waals surface area (Å²) in [5, 5.41) is 2.76. The van der Waals surface area contributed by atoms with Crippen LogP contribution in [0.5, 0.6) is 0 Å². The van der Waals surface area contributed by atoms with Crippen molar-refractivity contribution in [1.82, 2.24) is 14.3 Å². The molecule has 2 aliphatic heterocycles. The average Bonchev–Trinajstić information content (AvgIpc) is 3.28. The number of ether oxygens (including phenoxy) is 2. The molecule has 1 aromatic carbocycles. The molecule has 0 unspecified atom stereocenters. The molecule has 11 nitrogen and oxygen atoms in total. The summed E-state index contributed by atoms with van der Waals surface area (Å²) in [4.78, 5) is 38.6. The van der Waals surface area contributed by atoms with Gasteiger partial charge in [-0.25, -0.2) is 14.2 Å². The number of piperazine rings is 1. The standard InChI is InChI=1S/C30H38FN7O4/c1-19-14-38-15-20(12-23(31)26(38)34-19)35-27(39)21-6-7-24(22(25(21)32)13-33-16-30(5)17-41-18-30)36-8-10-37(11-9-36)28(40)42-29(2,3)4/h6-7,12-15H,8-11,16-18,32H2,1-5H3,(H,35,39). The number of imidazole rings is 1. The first-order valence-corrected chi connectivity index (χ1v) is 14.0. The molecule has 5 rings (SSSR count). The van der Waals surface area contributed by atoms with Crippen LogP contribution < -0.4 is 16.0 Å². The third-order valence-corrected chi connectivity index (χ3v) is 7.26. The minimum atomic E-state index is -0.569. The molecular formula is C30H38FN7O4. The Labute approximate surface area is 244 Å². The maximum atomic E-state index is 14.6. The van der Waals surface area contributed by atoms with Crippen LogP contribution >= 0.6 is 0 Å². The highest BCUT2D eigenvalue weighted by atomic mass is 19.1. The van der Waals surface area contributed by atoms with E-state index in [1.165, 1.54) is 10.5 Å². The molecule has 0 bridgehead atoms. The molecule has 2 aliphatic rings. The fourth-order valence-corrected chi connectivity index (χ4v) is 5.04. The normalized spacial score (nSPS) is 17.0. The van der Waals surface area contributed by atoms with Gasteiger partial charge in [0.2, 0.25) is 0 Å². The second kappa shape index (κ2) is 11.2. The quantitative estimate of drug-likeness (QED) is 0.332. The number of hydrogen-bond donors (Lipinski definition) is 2. The number of carbonyl (C=O) groups is 2. The van der Waals surface area contributed by atoms with Gasteiger partial charge in [0.25, 0.3) is 5.91 Å². The van der Waals surface area contributed by atoms with Crippen LogP contribution in [0.3, 0.4) is 0 Å². The highest BCUT2D eigenvalue weighted by molar-refractivity contribution is 6.11. The number of carbonyl (C=O) groups excluding carboxylic acids is 2. The predicted molar refractivity (Wildman–Crippen MR) is 160 cm³/mol. The average molecular weight is 580 g/mol. The van der Waals surface area contributed by atoms with E-state index in [-0.39, 0.29) is 34.1 Å². The zero-order valence-electron chi connectivity index (χ0n) is 24.7. The Morgan fingerprint density at radius 1 is 1.21 bits per heavy atom. The topological polar surface area (TPSA) is 127 Å². The van der Waals surface area contributed by atoms with Gasteiger partial charge in [-0.15, -0.1) is 0 Å². The van der Waals surface area contributed by atoms with Crippen molar-refractivity contribution in [3.8, 4) is 0 Å². The molecule has 2 amide bonds. The van der Waals surface area contributed by atoms with Gasteiger partial charge in [0.1, 0.15) is 5.60 Å². The van der Waals surface area contributed by atoms with Gasteiger partial charge < -0.3 is 34.7 Å². The molecule has 2 saturated heterocycles.